The van der Waals surface area contributed by atoms with Gasteiger partial charge in [-0.25, -0.2) is 0 Å². The zero-order chi connectivity index (χ0) is 11.8. The molecule has 1 amide bonds. The summed E-state index contributed by atoms with van der Waals surface area (Å²) in [5.74, 6) is 1.74. The minimum absolute atomic E-state index is 0.299. The van der Waals surface area contributed by atoms with Crippen LogP contribution in [0.2, 0.25) is 0 Å². The lowest BCUT2D eigenvalue weighted by atomic mass is 9.81. The van der Waals surface area contributed by atoms with E-state index >= 15 is 0 Å². The number of nitrogens with one attached hydrogen (secondary N) is 2. The predicted octanol–water partition coefficient (Wildman–Crippen LogP) is 1.82. The monoisotopic (exact) mass is 236 g/mol. The van der Waals surface area contributed by atoms with Gasteiger partial charge in [-0.15, -0.1) is 0 Å². The third-order valence-corrected chi connectivity index (χ3v) is 4.78. The van der Waals surface area contributed by atoms with Crippen LogP contribution in [0.3, 0.4) is 0 Å². The van der Waals surface area contributed by atoms with Gasteiger partial charge >= 0.3 is 0 Å². The molecule has 0 aromatic heterocycles. The summed E-state index contributed by atoms with van der Waals surface area (Å²) in [5, 5.41) is 6.82. The van der Waals surface area contributed by atoms with E-state index in [1.165, 1.54) is 38.5 Å². The Morgan fingerprint density at radius 2 is 1.82 bits per heavy atom. The summed E-state index contributed by atoms with van der Waals surface area (Å²) in [4.78, 5) is 11.9. The predicted molar refractivity (Wildman–Crippen MR) is 67.6 cm³/mol. The highest BCUT2D eigenvalue weighted by molar-refractivity contribution is 5.76. The SMILES string of the molecule is CC1CC(NC(=O)CC2CC3CCC(C2)N3)C1. The van der Waals surface area contributed by atoms with Crippen molar-refractivity contribution in [2.75, 3.05) is 0 Å². The zero-order valence-corrected chi connectivity index (χ0v) is 10.7. The van der Waals surface area contributed by atoms with Crippen molar-refractivity contribution >= 4 is 5.91 Å². The normalized spacial score (nSPS) is 44.2. The second-order valence-electron chi connectivity index (χ2n) is 6.52. The minimum Gasteiger partial charge on any atom is -0.353 e. The Labute approximate surface area is 104 Å². The summed E-state index contributed by atoms with van der Waals surface area (Å²) in [6.07, 6.45) is 8.20. The van der Waals surface area contributed by atoms with Crippen molar-refractivity contribution in [2.45, 2.75) is 70.0 Å². The molecule has 0 aromatic rings. The third kappa shape index (κ3) is 2.65. The molecule has 2 bridgehead atoms. The number of carbonyl (C=O) groups excluding carboxylic acids is 1. The molecule has 2 unspecified atom stereocenters. The summed E-state index contributed by atoms with van der Waals surface area (Å²) in [5.41, 5.74) is 0. The molecule has 3 nitrogen and oxygen atoms in total. The van der Waals surface area contributed by atoms with Gasteiger partial charge in [-0.05, 0) is 50.4 Å². The lowest BCUT2D eigenvalue weighted by Crippen LogP contribution is -2.45. The van der Waals surface area contributed by atoms with Crippen LogP contribution in [-0.2, 0) is 4.79 Å². The fourth-order valence-electron chi connectivity index (χ4n) is 3.91. The van der Waals surface area contributed by atoms with E-state index in [9.17, 15) is 4.79 Å². The van der Waals surface area contributed by atoms with Gasteiger partial charge in [0.25, 0.3) is 0 Å². The fourth-order valence-corrected chi connectivity index (χ4v) is 3.91. The van der Waals surface area contributed by atoms with E-state index in [4.69, 9.17) is 0 Å². The highest BCUT2D eigenvalue weighted by atomic mass is 16.1. The van der Waals surface area contributed by atoms with Gasteiger partial charge in [0.05, 0.1) is 0 Å². The second kappa shape index (κ2) is 4.60. The Morgan fingerprint density at radius 3 is 2.41 bits per heavy atom. The fraction of sp³-hybridized carbons (Fsp3) is 0.929. The van der Waals surface area contributed by atoms with Gasteiger partial charge in [-0.3, -0.25) is 4.79 Å². The highest BCUT2D eigenvalue weighted by Gasteiger charge is 2.34. The quantitative estimate of drug-likeness (QED) is 0.785. The lowest BCUT2D eigenvalue weighted by Gasteiger charge is -2.34. The van der Waals surface area contributed by atoms with Crippen LogP contribution < -0.4 is 10.6 Å². The average Bonchev–Trinajstić information content (AvgIpc) is 2.56. The molecular weight excluding hydrogens is 212 g/mol. The summed E-state index contributed by atoms with van der Waals surface area (Å²) in [6.45, 7) is 2.26. The summed E-state index contributed by atoms with van der Waals surface area (Å²) < 4.78 is 0. The molecule has 96 valence electrons. The maximum absolute atomic E-state index is 11.9. The second-order valence-corrected chi connectivity index (χ2v) is 6.52. The summed E-state index contributed by atoms with van der Waals surface area (Å²) in [7, 11) is 0. The van der Waals surface area contributed by atoms with Crippen LogP contribution in [0.5, 0.6) is 0 Å². The van der Waals surface area contributed by atoms with Gasteiger partial charge in [-0.2, -0.15) is 0 Å². The van der Waals surface area contributed by atoms with Crippen LogP contribution >= 0.6 is 0 Å². The van der Waals surface area contributed by atoms with E-state index in [1.54, 1.807) is 0 Å². The molecule has 3 aliphatic rings. The molecule has 2 N–H and O–H groups in total. The molecule has 2 heterocycles. The number of piperidine rings is 1. The first-order valence-electron chi connectivity index (χ1n) is 7.24. The number of fused-ring (bicyclic) bond motifs is 2. The molecule has 2 aliphatic heterocycles. The van der Waals surface area contributed by atoms with Crippen LogP contribution in [-0.4, -0.2) is 24.0 Å². The van der Waals surface area contributed by atoms with E-state index in [1.807, 2.05) is 0 Å². The number of hydrogen-bond donors (Lipinski definition) is 2. The first-order valence-corrected chi connectivity index (χ1v) is 7.24. The Balaban J connectivity index is 1.42. The largest absolute Gasteiger partial charge is 0.353 e. The van der Waals surface area contributed by atoms with Crippen LogP contribution in [0.4, 0.5) is 0 Å². The Bertz CT molecular complexity index is 287. The lowest BCUT2D eigenvalue weighted by molar-refractivity contribution is -0.123. The zero-order valence-electron chi connectivity index (χ0n) is 10.7. The van der Waals surface area contributed by atoms with Crippen molar-refractivity contribution in [1.29, 1.82) is 0 Å². The number of rotatable bonds is 3. The van der Waals surface area contributed by atoms with Crippen molar-refractivity contribution in [1.82, 2.24) is 10.6 Å². The van der Waals surface area contributed by atoms with E-state index in [0.717, 1.165) is 12.3 Å². The molecule has 1 saturated carbocycles. The van der Waals surface area contributed by atoms with Crippen LogP contribution in [0, 0.1) is 11.8 Å². The molecule has 0 radical (unpaired) electrons. The average molecular weight is 236 g/mol. The van der Waals surface area contributed by atoms with Gasteiger partial charge in [0.1, 0.15) is 0 Å². The van der Waals surface area contributed by atoms with Gasteiger partial charge < -0.3 is 10.6 Å². The maximum Gasteiger partial charge on any atom is 0.220 e. The van der Waals surface area contributed by atoms with Crippen molar-refractivity contribution in [3.63, 3.8) is 0 Å². The Morgan fingerprint density at radius 1 is 1.18 bits per heavy atom. The number of amides is 1. The Hall–Kier alpha value is -0.570. The van der Waals surface area contributed by atoms with Crippen molar-refractivity contribution in [3.05, 3.63) is 0 Å². The van der Waals surface area contributed by atoms with Gasteiger partial charge in [-0.1, -0.05) is 6.92 Å². The topological polar surface area (TPSA) is 41.1 Å². The molecule has 3 fully saturated rings. The van der Waals surface area contributed by atoms with Gasteiger partial charge in [0, 0.05) is 24.5 Å². The van der Waals surface area contributed by atoms with Gasteiger partial charge in [0.15, 0.2) is 0 Å². The molecule has 3 heteroatoms. The van der Waals surface area contributed by atoms with E-state index in [0.29, 0.717) is 30.0 Å². The first-order chi connectivity index (χ1) is 8.19. The number of hydrogen-bond acceptors (Lipinski definition) is 2. The maximum atomic E-state index is 11.9. The molecular formula is C14H24N2O. The van der Waals surface area contributed by atoms with E-state index < -0.39 is 0 Å². The molecule has 2 atom stereocenters. The van der Waals surface area contributed by atoms with E-state index in [-0.39, 0.29) is 0 Å². The molecule has 3 rings (SSSR count). The summed E-state index contributed by atoms with van der Waals surface area (Å²) in [6, 6.07) is 1.89. The summed E-state index contributed by atoms with van der Waals surface area (Å²) >= 11 is 0. The smallest absolute Gasteiger partial charge is 0.220 e. The molecule has 0 spiro atoms. The highest BCUT2D eigenvalue weighted by Crippen LogP contribution is 2.33. The molecule has 2 saturated heterocycles. The number of carbonyl (C=O) groups is 1. The van der Waals surface area contributed by atoms with Crippen LogP contribution in [0.15, 0.2) is 0 Å². The Kier molecular flexibility index (Phi) is 3.12. The first kappa shape index (κ1) is 11.5. The van der Waals surface area contributed by atoms with Gasteiger partial charge in [0.2, 0.25) is 5.91 Å². The third-order valence-electron chi connectivity index (χ3n) is 4.78. The standard InChI is InChI=1S/C14H24N2O/c1-9-4-13(5-9)16-14(17)8-10-6-11-2-3-12(7-10)15-11/h9-13,15H,2-8H2,1H3,(H,16,17). The van der Waals surface area contributed by atoms with Crippen LogP contribution in [0.1, 0.15) is 51.9 Å². The van der Waals surface area contributed by atoms with E-state index in [2.05, 4.69) is 17.6 Å². The van der Waals surface area contributed by atoms with Crippen molar-refractivity contribution < 1.29 is 4.79 Å². The van der Waals surface area contributed by atoms with Crippen molar-refractivity contribution in [2.24, 2.45) is 11.8 Å². The molecule has 1 aliphatic carbocycles. The van der Waals surface area contributed by atoms with Crippen LogP contribution in [0.25, 0.3) is 0 Å². The van der Waals surface area contributed by atoms with Crippen molar-refractivity contribution in [3.8, 4) is 0 Å². The molecule has 0 aromatic carbocycles. The molecule has 17 heavy (non-hydrogen) atoms. The minimum atomic E-state index is 0.299.